The lowest BCUT2D eigenvalue weighted by Crippen LogP contribution is -2.33. The molecule has 0 saturated heterocycles. The first-order chi connectivity index (χ1) is 11.9. The third-order valence-electron chi connectivity index (χ3n) is 4.01. The van der Waals surface area contributed by atoms with E-state index in [4.69, 9.17) is 0 Å². The standard InChI is InChI=1S/C17H25N5O3/c1-5-22-14-13(16(24)21-17(22)25)11(9-12(20-14)10(2)3)15(23)19-8-6-7-18-4/h9-10,18H,5-8H2,1-4H3,(H,19,23)(H,21,24,25). The molecule has 2 rings (SSSR count). The van der Waals surface area contributed by atoms with Gasteiger partial charge in [-0.3, -0.25) is 19.1 Å². The van der Waals surface area contributed by atoms with Gasteiger partial charge in [-0.1, -0.05) is 13.8 Å². The van der Waals surface area contributed by atoms with Crippen molar-refractivity contribution in [3.63, 3.8) is 0 Å². The molecule has 0 atom stereocenters. The van der Waals surface area contributed by atoms with Gasteiger partial charge in [-0.05, 0) is 38.9 Å². The summed E-state index contributed by atoms with van der Waals surface area (Å²) < 4.78 is 1.38. The molecule has 0 saturated carbocycles. The summed E-state index contributed by atoms with van der Waals surface area (Å²) in [6.45, 7) is 7.31. The van der Waals surface area contributed by atoms with Crippen LogP contribution in [-0.4, -0.2) is 40.6 Å². The van der Waals surface area contributed by atoms with E-state index in [1.165, 1.54) is 4.57 Å². The molecule has 0 aliphatic heterocycles. The average molecular weight is 347 g/mol. The molecule has 2 aromatic heterocycles. The van der Waals surface area contributed by atoms with E-state index in [2.05, 4.69) is 20.6 Å². The van der Waals surface area contributed by atoms with Crippen molar-refractivity contribution in [3.05, 3.63) is 38.2 Å². The Morgan fingerprint density at radius 3 is 2.64 bits per heavy atom. The van der Waals surface area contributed by atoms with Gasteiger partial charge in [0.15, 0.2) is 5.65 Å². The van der Waals surface area contributed by atoms with Crippen molar-refractivity contribution < 1.29 is 4.79 Å². The van der Waals surface area contributed by atoms with Gasteiger partial charge in [-0.25, -0.2) is 9.78 Å². The number of nitrogens with one attached hydrogen (secondary N) is 3. The number of pyridine rings is 1. The third-order valence-corrected chi connectivity index (χ3v) is 4.01. The van der Waals surface area contributed by atoms with Gasteiger partial charge in [-0.15, -0.1) is 0 Å². The maximum atomic E-state index is 12.6. The molecule has 25 heavy (non-hydrogen) atoms. The number of hydrogen-bond acceptors (Lipinski definition) is 5. The summed E-state index contributed by atoms with van der Waals surface area (Å²) >= 11 is 0. The molecule has 0 bridgehead atoms. The summed E-state index contributed by atoms with van der Waals surface area (Å²) in [5.74, 6) is -0.280. The molecule has 136 valence electrons. The maximum absolute atomic E-state index is 12.6. The number of nitrogens with zero attached hydrogens (tertiary/aromatic N) is 2. The summed E-state index contributed by atoms with van der Waals surface area (Å²) in [6.07, 6.45) is 0.776. The molecular weight excluding hydrogens is 322 g/mol. The van der Waals surface area contributed by atoms with Crippen LogP contribution in [0.15, 0.2) is 15.7 Å². The summed E-state index contributed by atoms with van der Waals surface area (Å²) in [5.41, 5.74) is 0.0613. The van der Waals surface area contributed by atoms with Gasteiger partial charge >= 0.3 is 5.69 Å². The van der Waals surface area contributed by atoms with Crippen molar-refractivity contribution in [3.8, 4) is 0 Å². The molecule has 0 aliphatic rings. The molecule has 0 fully saturated rings. The van der Waals surface area contributed by atoms with Crippen LogP contribution in [0, 0.1) is 0 Å². The second kappa shape index (κ2) is 8.06. The van der Waals surface area contributed by atoms with Gasteiger partial charge in [0.1, 0.15) is 0 Å². The first kappa shape index (κ1) is 18.9. The summed E-state index contributed by atoms with van der Waals surface area (Å²) in [4.78, 5) is 43.8. The van der Waals surface area contributed by atoms with Gasteiger partial charge in [-0.2, -0.15) is 0 Å². The molecule has 2 aromatic rings. The summed E-state index contributed by atoms with van der Waals surface area (Å²) in [5, 5.41) is 5.99. The Labute approximate surface area is 145 Å². The smallest absolute Gasteiger partial charge is 0.329 e. The van der Waals surface area contributed by atoms with E-state index in [0.29, 0.717) is 18.8 Å². The monoisotopic (exact) mass is 347 g/mol. The molecule has 8 nitrogen and oxygen atoms in total. The highest BCUT2D eigenvalue weighted by Gasteiger charge is 2.19. The second-order valence-electron chi connectivity index (χ2n) is 6.16. The number of carbonyl (C=O) groups excluding carboxylic acids is 1. The van der Waals surface area contributed by atoms with E-state index in [9.17, 15) is 14.4 Å². The quantitative estimate of drug-likeness (QED) is 0.635. The fraction of sp³-hybridized carbons (Fsp3) is 0.529. The number of hydrogen-bond donors (Lipinski definition) is 3. The zero-order valence-corrected chi connectivity index (χ0v) is 15.1. The minimum atomic E-state index is -0.590. The van der Waals surface area contributed by atoms with E-state index in [1.54, 1.807) is 13.0 Å². The Hall–Kier alpha value is -2.48. The Morgan fingerprint density at radius 2 is 2.04 bits per heavy atom. The molecule has 8 heteroatoms. The number of aromatic amines is 1. The maximum Gasteiger partial charge on any atom is 0.329 e. The highest BCUT2D eigenvalue weighted by Crippen LogP contribution is 2.19. The predicted molar refractivity (Wildman–Crippen MR) is 97.3 cm³/mol. The highest BCUT2D eigenvalue weighted by atomic mass is 16.2. The zero-order valence-electron chi connectivity index (χ0n) is 15.1. The average Bonchev–Trinajstić information content (AvgIpc) is 2.57. The number of H-pyrrole nitrogens is 1. The van der Waals surface area contributed by atoms with Crippen molar-refractivity contribution in [2.45, 2.75) is 39.7 Å². The van der Waals surface area contributed by atoms with Crippen molar-refractivity contribution in [1.82, 2.24) is 25.2 Å². The van der Waals surface area contributed by atoms with Gasteiger partial charge in [0.25, 0.3) is 11.5 Å². The molecular formula is C17H25N5O3. The van der Waals surface area contributed by atoms with E-state index in [1.807, 2.05) is 20.9 Å². The molecule has 0 unspecified atom stereocenters. The van der Waals surface area contributed by atoms with Crippen LogP contribution in [0.25, 0.3) is 11.0 Å². The van der Waals surface area contributed by atoms with Gasteiger partial charge in [0.05, 0.1) is 10.9 Å². The fourth-order valence-corrected chi connectivity index (χ4v) is 2.62. The van der Waals surface area contributed by atoms with Crippen molar-refractivity contribution >= 4 is 16.9 Å². The van der Waals surface area contributed by atoms with Gasteiger partial charge in [0, 0.05) is 18.8 Å². The molecule has 1 amide bonds. The lowest BCUT2D eigenvalue weighted by atomic mass is 10.0. The predicted octanol–water partition coefficient (Wildman–Crippen LogP) is 0.567. The van der Waals surface area contributed by atoms with Crippen LogP contribution in [0.5, 0.6) is 0 Å². The molecule has 2 heterocycles. The van der Waals surface area contributed by atoms with Crippen LogP contribution >= 0.6 is 0 Å². The minimum Gasteiger partial charge on any atom is -0.352 e. The topological polar surface area (TPSA) is 109 Å². The number of rotatable bonds is 7. The minimum absolute atomic E-state index is 0.0555. The molecule has 0 spiro atoms. The first-order valence-corrected chi connectivity index (χ1v) is 8.51. The second-order valence-corrected chi connectivity index (χ2v) is 6.16. The van der Waals surface area contributed by atoms with E-state index in [-0.39, 0.29) is 28.4 Å². The number of fused-ring (bicyclic) bond motifs is 1. The lowest BCUT2D eigenvalue weighted by molar-refractivity contribution is 0.0954. The largest absolute Gasteiger partial charge is 0.352 e. The Morgan fingerprint density at radius 1 is 1.32 bits per heavy atom. The van der Waals surface area contributed by atoms with Gasteiger partial charge < -0.3 is 10.6 Å². The lowest BCUT2D eigenvalue weighted by Gasteiger charge is -2.14. The molecule has 0 aromatic carbocycles. The third kappa shape index (κ3) is 3.96. The molecule has 0 aliphatic carbocycles. The van der Waals surface area contributed by atoms with E-state index in [0.717, 1.165) is 13.0 Å². The van der Waals surface area contributed by atoms with Gasteiger partial charge in [0.2, 0.25) is 0 Å². The van der Waals surface area contributed by atoms with Crippen molar-refractivity contribution in [2.24, 2.45) is 0 Å². The number of aryl methyl sites for hydroxylation is 1. The first-order valence-electron chi connectivity index (χ1n) is 8.51. The number of amides is 1. The van der Waals surface area contributed by atoms with Crippen LogP contribution in [0.2, 0.25) is 0 Å². The Balaban J connectivity index is 2.63. The Bertz CT molecular complexity index is 882. The number of carbonyl (C=O) groups is 1. The number of aromatic nitrogens is 3. The zero-order chi connectivity index (χ0) is 18.6. The van der Waals surface area contributed by atoms with Crippen LogP contribution in [0.1, 0.15) is 49.2 Å². The Kier molecular flexibility index (Phi) is 6.08. The van der Waals surface area contributed by atoms with E-state index >= 15 is 0 Å². The fourth-order valence-electron chi connectivity index (χ4n) is 2.62. The molecule has 3 N–H and O–H groups in total. The van der Waals surface area contributed by atoms with Crippen molar-refractivity contribution in [1.29, 1.82) is 0 Å². The van der Waals surface area contributed by atoms with Crippen LogP contribution in [-0.2, 0) is 6.54 Å². The molecule has 0 radical (unpaired) electrons. The highest BCUT2D eigenvalue weighted by molar-refractivity contribution is 6.05. The normalized spacial score (nSPS) is 11.2. The van der Waals surface area contributed by atoms with E-state index < -0.39 is 11.2 Å². The SMILES string of the molecule is CCn1c(=O)[nH]c(=O)c2c(C(=O)NCCCNC)cc(C(C)C)nc21. The van der Waals surface area contributed by atoms with Crippen LogP contribution in [0.3, 0.4) is 0 Å². The van der Waals surface area contributed by atoms with Crippen LogP contribution in [0.4, 0.5) is 0 Å². The van der Waals surface area contributed by atoms with Crippen LogP contribution < -0.4 is 21.9 Å². The summed E-state index contributed by atoms with van der Waals surface area (Å²) in [7, 11) is 1.84. The summed E-state index contributed by atoms with van der Waals surface area (Å²) in [6, 6.07) is 1.64. The van der Waals surface area contributed by atoms with Crippen molar-refractivity contribution in [2.75, 3.05) is 20.1 Å².